The first-order valence-electron chi connectivity index (χ1n) is 5.63. The number of carbonyl (C=O) groups excluding carboxylic acids is 1. The van der Waals surface area contributed by atoms with E-state index >= 15 is 0 Å². The Morgan fingerprint density at radius 2 is 1.85 bits per heavy atom. The lowest BCUT2D eigenvalue weighted by Crippen LogP contribution is -2.50. The smallest absolute Gasteiger partial charge is 0.289 e. The van der Waals surface area contributed by atoms with E-state index in [1.54, 1.807) is 0 Å². The van der Waals surface area contributed by atoms with Crippen LogP contribution in [0.25, 0.3) is 0 Å². The molecule has 20 heavy (non-hydrogen) atoms. The van der Waals surface area contributed by atoms with E-state index in [2.05, 4.69) is 0 Å². The number of carboxylic acids is 1. The summed E-state index contributed by atoms with van der Waals surface area (Å²) in [7, 11) is -4.34. The fourth-order valence-corrected chi connectivity index (χ4v) is 3.03. The molecule has 9 heteroatoms. The van der Waals surface area contributed by atoms with Crippen molar-refractivity contribution in [2.45, 2.75) is 24.8 Å². The van der Waals surface area contributed by atoms with Crippen molar-refractivity contribution in [2.24, 2.45) is 5.92 Å². The van der Waals surface area contributed by atoms with Gasteiger partial charge in [-0.1, -0.05) is 26.0 Å². The van der Waals surface area contributed by atoms with E-state index in [0.29, 0.717) is 0 Å². The normalized spacial score (nSPS) is 13.2. The molecule has 1 atom stereocenters. The van der Waals surface area contributed by atoms with Crippen LogP contribution in [0.4, 0.5) is 5.69 Å². The molecule has 1 aromatic carbocycles. The summed E-state index contributed by atoms with van der Waals surface area (Å²) >= 11 is 0. The third-order valence-electron chi connectivity index (χ3n) is 2.55. The predicted molar refractivity (Wildman–Crippen MR) is 67.1 cm³/mol. The highest BCUT2D eigenvalue weighted by Crippen LogP contribution is 2.23. The van der Waals surface area contributed by atoms with Gasteiger partial charge in [-0.2, -0.15) is 0 Å². The van der Waals surface area contributed by atoms with Gasteiger partial charge >= 0.3 is 0 Å². The molecule has 1 N–H and O–H groups in total. The molecule has 110 valence electrons. The minimum atomic E-state index is -4.34. The topological polar surface area (TPSA) is 129 Å². The van der Waals surface area contributed by atoms with E-state index in [1.807, 2.05) is 4.72 Å². The van der Waals surface area contributed by atoms with Gasteiger partial charge in [0.1, 0.15) is 0 Å². The van der Waals surface area contributed by atoms with Gasteiger partial charge in [-0.05, 0) is 12.0 Å². The van der Waals surface area contributed by atoms with Gasteiger partial charge in [-0.15, -0.1) is 0 Å². The minimum Gasteiger partial charge on any atom is -0.548 e. The maximum Gasteiger partial charge on any atom is 0.289 e. The summed E-state index contributed by atoms with van der Waals surface area (Å²) < 4.78 is 26.0. The number of hydrogen-bond acceptors (Lipinski definition) is 6. The largest absolute Gasteiger partial charge is 0.548 e. The van der Waals surface area contributed by atoms with Gasteiger partial charge in [0.25, 0.3) is 5.69 Å². The van der Waals surface area contributed by atoms with Crippen molar-refractivity contribution in [2.75, 3.05) is 0 Å². The van der Waals surface area contributed by atoms with Gasteiger partial charge < -0.3 is 9.90 Å². The van der Waals surface area contributed by atoms with Crippen LogP contribution in [0, 0.1) is 16.0 Å². The number of sulfonamides is 1. The number of para-hydroxylation sites is 1. The zero-order valence-electron chi connectivity index (χ0n) is 10.8. The van der Waals surface area contributed by atoms with Crippen LogP contribution in [0.3, 0.4) is 0 Å². The van der Waals surface area contributed by atoms with Crippen LogP contribution in [0.5, 0.6) is 0 Å². The third-order valence-corrected chi connectivity index (χ3v) is 4.04. The number of nitrogens with one attached hydrogen (secondary N) is 1. The monoisotopic (exact) mass is 301 g/mol. The Labute approximate surface area is 115 Å². The summed E-state index contributed by atoms with van der Waals surface area (Å²) in [4.78, 5) is 20.3. The summed E-state index contributed by atoms with van der Waals surface area (Å²) in [5.41, 5.74) is -0.624. The molecule has 0 aromatic heterocycles. The van der Waals surface area contributed by atoms with Gasteiger partial charge in [0.15, 0.2) is 4.90 Å². The molecule has 0 bridgehead atoms. The Morgan fingerprint density at radius 1 is 1.30 bits per heavy atom. The Bertz CT molecular complexity index is 626. The molecular weight excluding hydrogens is 288 g/mol. The van der Waals surface area contributed by atoms with Gasteiger partial charge in [0, 0.05) is 6.07 Å². The fraction of sp³-hybridized carbons (Fsp3) is 0.364. The number of nitrogens with zero attached hydrogens (tertiary/aromatic N) is 1. The highest BCUT2D eigenvalue weighted by molar-refractivity contribution is 7.89. The number of carbonyl (C=O) groups is 1. The number of nitro benzene ring substituents is 1. The van der Waals surface area contributed by atoms with Crippen molar-refractivity contribution in [1.82, 2.24) is 4.72 Å². The second-order valence-corrected chi connectivity index (χ2v) is 6.07. The average molecular weight is 301 g/mol. The van der Waals surface area contributed by atoms with E-state index < -0.39 is 43.5 Å². The highest BCUT2D eigenvalue weighted by atomic mass is 32.2. The number of rotatable bonds is 6. The van der Waals surface area contributed by atoms with Crippen molar-refractivity contribution >= 4 is 21.7 Å². The first-order chi connectivity index (χ1) is 9.16. The number of aliphatic carboxylic acids is 1. The molecule has 8 nitrogen and oxygen atoms in total. The maximum atomic E-state index is 12.1. The summed E-state index contributed by atoms with van der Waals surface area (Å²) in [5, 5.41) is 21.7. The summed E-state index contributed by atoms with van der Waals surface area (Å²) in [6.45, 7) is 2.98. The molecule has 0 heterocycles. The van der Waals surface area contributed by atoms with E-state index in [9.17, 15) is 28.4 Å². The van der Waals surface area contributed by atoms with Crippen LogP contribution in [0.2, 0.25) is 0 Å². The molecule has 1 rings (SSSR count). The standard InChI is InChI=1S/C11H14N2O6S/c1-7(2)10(11(14)15)12-20(18,19)9-6-4-3-5-8(9)13(16)17/h3-7,10,12H,1-2H3,(H,14,15)/p-1. The van der Waals surface area contributed by atoms with Crippen LogP contribution in [0.1, 0.15) is 13.8 Å². The Kier molecular flexibility index (Phi) is 4.79. The Balaban J connectivity index is 3.24. The molecule has 0 aliphatic rings. The fourth-order valence-electron chi connectivity index (χ4n) is 1.52. The van der Waals surface area contributed by atoms with Crippen molar-refractivity contribution in [1.29, 1.82) is 0 Å². The first-order valence-corrected chi connectivity index (χ1v) is 7.11. The van der Waals surface area contributed by atoms with Gasteiger partial charge in [0.05, 0.1) is 16.9 Å². The first kappa shape index (κ1) is 16.1. The zero-order valence-corrected chi connectivity index (χ0v) is 11.6. The van der Waals surface area contributed by atoms with Crippen LogP contribution in [0.15, 0.2) is 29.2 Å². The molecule has 0 spiro atoms. The molecule has 0 saturated heterocycles. The van der Waals surface area contributed by atoms with Crippen molar-refractivity contribution in [3.8, 4) is 0 Å². The molecule has 0 aliphatic heterocycles. The van der Waals surface area contributed by atoms with Crippen LogP contribution in [-0.2, 0) is 14.8 Å². The lowest BCUT2D eigenvalue weighted by molar-refractivity contribution is -0.387. The third kappa shape index (κ3) is 3.52. The highest BCUT2D eigenvalue weighted by Gasteiger charge is 2.29. The average Bonchev–Trinajstić information content (AvgIpc) is 2.35. The van der Waals surface area contributed by atoms with Crippen LogP contribution < -0.4 is 9.83 Å². The second-order valence-electron chi connectivity index (χ2n) is 4.39. The van der Waals surface area contributed by atoms with Crippen molar-refractivity contribution in [3.63, 3.8) is 0 Å². The number of benzene rings is 1. The maximum absolute atomic E-state index is 12.1. The molecule has 1 aromatic rings. The zero-order chi connectivity index (χ0) is 15.5. The Morgan fingerprint density at radius 3 is 2.30 bits per heavy atom. The van der Waals surface area contributed by atoms with Crippen molar-refractivity contribution in [3.05, 3.63) is 34.4 Å². The quantitative estimate of drug-likeness (QED) is 0.564. The SMILES string of the molecule is CC(C)C(NS(=O)(=O)c1ccccc1[N+](=O)[O-])C(=O)[O-]. The Hall–Kier alpha value is -2.00. The van der Waals surface area contributed by atoms with E-state index in [0.717, 1.165) is 12.1 Å². The summed E-state index contributed by atoms with van der Waals surface area (Å²) in [6, 6.07) is 3.21. The summed E-state index contributed by atoms with van der Waals surface area (Å²) in [6.07, 6.45) is 0. The second kappa shape index (κ2) is 5.97. The number of nitro groups is 1. The van der Waals surface area contributed by atoms with Gasteiger partial charge in [0.2, 0.25) is 10.0 Å². The predicted octanol–water partition coefficient (Wildman–Crippen LogP) is -0.352. The van der Waals surface area contributed by atoms with Gasteiger partial charge in [-0.25, -0.2) is 13.1 Å². The molecule has 0 amide bonds. The summed E-state index contributed by atoms with van der Waals surface area (Å²) in [5.74, 6) is -2.17. The number of hydrogen-bond donors (Lipinski definition) is 1. The van der Waals surface area contributed by atoms with Crippen molar-refractivity contribution < 1.29 is 23.2 Å². The van der Waals surface area contributed by atoms with Crippen LogP contribution >= 0.6 is 0 Å². The lowest BCUT2D eigenvalue weighted by Gasteiger charge is -2.22. The molecule has 0 fully saturated rings. The molecular formula is C11H13N2O6S-. The molecule has 1 unspecified atom stereocenters. The van der Waals surface area contributed by atoms with Gasteiger partial charge in [-0.3, -0.25) is 10.1 Å². The van der Waals surface area contributed by atoms with E-state index in [1.165, 1.54) is 26.0 Å². The lowest BCUT2D eigenvalue weighted by atomic mass is 10.1. The van der Waals surface area contributed by atoms with E-state index in [4.69, 9.17) is 0 Å². The minimum absolute atomic E-state index is 0.572. The van der Waals surface area contributed by atoms with E-state index in [-0.39, 0.29) is 0 Å². The molecule has 0 radical (unpaired) electrons. The molecule has 0 aliphatic carbocycles. The van der Waals surface area contributed by atoms with Crippen LogP contribution in [-0.4, -0.2) is 25.4 Å². The number of carboxylic acid groups (broad SMARTS) is 1. The molecule has 0 saturated carbocycles.